The second kappa shape index (κ2) is 17.1. The van der Waals surface area contributed by atoms with E-state index in [-0.39, 0.29) is 61.0 Å². The predicted molar refractivity (Wildman–Crippen MR) is 356 cm³/mol. The lowest BCUT2D eigenvalue weighted by molar-refractivity contribution is 0.195. The third kappa shape index (κ3) is 7.74. The van der Waals surface area contributed by atoms with E-state index in [1.165, 1.54) is 144 Å². The number of hydrogen-bond acceptors (Lipinski definition) is 4. The van der Waals surface area contributed by atoms with Gasteiger partial charge in [-0.1, -0.05) is 181 Å². The minimum absolute atomic E-state index is 0.0000740. The Labute approximate surface area is 500 Å². The molecule has 2 unspecified atom stereocenters. The smallest absolute Gasteiger partial charge is 0.297 e. The Morgan fingerprint density at radius 1 is 0.398 bits per heavy atom. The molecule has 432 valence electrons. The maximum atomic E-state index is 7.75. The van der Waals surface area contributed by atoms with Crippen molar-refractivity contribution in [3.05, 3.63) is 147 Å². The standard InChI is InChI=1S/C78H96BN3O/c1-69(2,3)47-24-30-65-52(39-47)67-68(83-65)79-60-45-57-58(76(17,18)38-37-75(57,15)16)46-62(60)80(49-25-27-53-55(41-49)73(11,12)35-33-71(53,7)8)63-43-51(82-61-29-23-48(70(4,5)6)40-59(61)77(19)31-21-22-32-78(77,82)20)44-64(66(63)79)81(67)50-26-28-54-56(42-50)74(13,14)36-34-72(54,9)10/h23-30,39-46H,21-22,31-38H2,1-20H3. The maximum Gasteiger partial charge on any atom is 0.297 e. The Morgan fingerprint density at radius 2 is 0.867 bits per heavy atom. The molecule has 0 N–H and O–H groups in total. The summed E-state index contributed by atoms with van der Waals surface area (Å²) in [6.07, 6.45) is 11.7. The van der Waals surface area contributed by atoms with Gasteiger partial charge >= 0.3 is 0 Å². The summed E-state index contributed by atoms with van der Waals surface area (Å²) in [7, 11) is 0. The number of nitrogens with zero attached hydrogens (tertiary/aromatic N) is 3. The zero-order valence-electron chi connectivity index (χ0n) is 54.6. The molecule has 14 rings (SSSR count). The minimum atomic E-state index is -0.173. The monoisotopic (exact) mass is 1100 g/mol. The number of furan rings is 1. The van der Waals surface area contributed by atoms with Crippen molar-refractivity contribution in [1.82, 2.24) is 0 Å². The lowest BCUT2D eigenvalue weighted by Gasteiger charge is -2.51. The summed E-state index contributed by atoms with van der Waals surface area (Å²) in [4.78, 5) is 8.37. The highest BCUT2D eigenvalue weighted by Gasteiger charge is 2.59. The summed E-state index contributed by atoms with van der Waals surface area (Å²) < 4.78 is 7.75. The van der Waals surface area contributed by atoms with Gasteiger partial charge < -0.3 is 19.1 Å². The molecule has 0 amide bonds. The van der Waals surface area contributed by atoms with Gasteiger partial charge in [0.15, 0.2) is 0 Å². The molecule has 7 aliphatic rings. The first-order valence-electron chi connectivity index (χ1n) is 32.4. The molecule has 5 heteroatoms. The van der Waals surface area contributed by atoms with Gasteiger partial charge in [-0.3, -0.25) is 0 Å². The molecular weight excluding hydrogens is 1010 g/mol. The highest BCUT2D eigenvalue weighted by Crippen LogP contribution is 2.63. The third-order valence-corrected chi connectivity index (χ3v) is 23.9. The third-order valence-electron chi connectivity index (χ3n) is 23.9. The first-order valence-corrected chi connectivity index (χ1v) is 32.4. The zero-order chi connectivity index (χ0) is 59.1. The van der Waals surface area contributed by atoms with Crippen molar-refractivity contribution >= 4 is 79.8 Å². The van der Waals surface area contributed by atoms with Crippen LogP contribution in [0.15, 0.2) is 101 Å². The molecular formula is C78H96BN3O. The fourth-order valence-electron chi connectivity index (χ4n) is 17.7. The van der Waals surface area contributed by atoms with Gasteiger partial charge in [-0.2, -0.15) is 0 Å². The van der Waals surface area contributed by atoms with Crippen LogP contribution in [0.3, 0.4) is 0 Å². The van der Waals surface area contributed by atoms with E-state index in [1.54, 1.807) is 0 Å². The van der Waals surface area contributed by atoms with Gasteiger partial charge in [0.25, 0.3) is 6.71 Å². The molecule has 1 fully saturated rings. The molecule has 1 aromatic heterocycles. The highest BCUT2D eigenvalue weighted by atomic mass is 16.3. The van der Waals surface area contributed by atoms with Crippen LogP contribution in [0.5, 0.6) is 0 Å². The van der Waals surface area contributed by atoms with Gasteiger partial charge in [0.2, 0.25) is 0 Å². The average Bonchev–Trinajstić information content (AvgIpc) is 2.65. The molecule has 2 atom stereocenters. The van der Waals surface area contributed by atoms with E-state index in [9.17, 15) is 0 Å². The summed E-state index contributed by atoms with van der Waals surface area (Å²) in [6, 6.07) is 40.8. The Morgan fingerprint density at radius 3 is 1.42 bits per heavy atom. The van der Waals surface area contributed by atoms with Gasteiger partial charge in [0, 0.05) is 50.6 Å². The Hall–Kier alpha value is -5.68. The van der Waals surface area contributed by atoms with E-state index >= 15 is 0 Å². The normalized spacial score (nSPS) is 24.5. The first-order chi connectivity index (χ1) is 38.6. The number of rotatable bonds is 3. The number of anilines is 8. The van der Waals surface area contributed by atoms with Gasteiger partial charge in [0.1, 0.15) is 5.58 Å². The second-order valence-corrected chi connectivity index (χ2v) is 34.1. The van der Waals surface area contributed by atoms with Crippen molar-refractivity contribution in [1.29, 1.82) is 0 Å². The topological polar surface area (TPSA) is 22.9 Å². The van der Waals surface area contributed by atoms with Crippen molar-refractivity contribution in [2.45, 2.75) is 257 Å². The number of benzene rings is 6. The van der Waals surface area contributed by atoms with Gasteiger partial charge in [-0.15, -0.1) is 0 Å². The molecule has 4 aliphatic carbocycles. The van der Waals surface area contributed by atoms with Crippen LogP contribution in [0, 0.1) is 0 Å². The van der Waals surface area contributed by atoms with Crippen LogP contribution in [-0.2, 0) is 48.7 Å². The lowest BCUT2D eigenvalue weighted by atomic mass is 9.35. The van der Waals surface area contributed by atoms with E-state index < -0.39 is 0 Å². The van der Waals surface area contributed by atoms with Crippen molar-refractivity contribution < 1.29 is 4.42 Å². The fourth-order valence-corrected chi connectivity index (χ4v) is 17.7. The zero-order valence-corrected chi connectivity index (χ0v) is 54.6. The SMILES string of the molecule is CC(C)(C)c1ccc2c(c1)C1(C)CCCCC1(C)N2c1cc2c3c(c1)N(c1ccc4c(c1)C(C)(C)CCC4(C)C)c1c(oc4ccc(C(C)(C)C)cc14)B3c1cc3c(cc1N2c1ccc2c(c1)C(C)(C)CCC2(C)C)C(C)(C)CCC3(C)C. The molecule has 3 aliphatic heterocycles. The molecule has 0 spiro atoms. The van der Waals surface area contributed by atoms with Crippen LogP contribution >= 0.6 is 0 Å². The van der Waals surface area contributed by atoms with Crippen LogP contribution < -0.4 is 31.3 Å². The molecule has 7 aromatic rings. The van der Waals surface area contributed by atoms with Gasteiger partial charge in [-0.05, 0) is 223 Å². The molecule has 83 heavy (non-hydrogen) atoms. The summed E-state index contributed by atoms with van der Waals surface area (Å²) in [6.45, 7) is 49.2. The molecule has 0 bridgehead atoms. The molecule has 0 radical (unpaired) electrons. The summed E-state index contributed by atoms with van der Waals surface area (Å²) in [5, 5.41) is 1.19. The van der Waals surface area contributed by atoms with E-state index in [4.69, 9.17) is 4.42 Å². The molecule has 4 heterocycles. The van der Waals surface area contributed by atoms with Gasteiger partial charge in [0.05, 0.1) is 16.9 Å². The van der Waals surface area contributed by atoms with Crippen molar-refractivity contribution in [3.8, 4) is 0 Å². The lowest BCUT2D eigenvalue weighted by Crippen LogP contribution is -2.61. The molecule has 1 saturated carbocycles. The maximum absolute atomic E-state index is 7.75. The number of hydrogen-bond donors (Lipinski definition) is 0. The summed E-state index contributed by atoms with van der Waals surface area (Å²) in [5.74, 6) is 0. The van der Waals surface area contributed by atoms with Crippen LogP contribution in [-0.4, -0.2) is 12.3 Å². The van der Waals surface area contributed by atoms with Crippen LogP contribution in [0.4, 0.5) is 45.5 Å². The largest absolute Gasteiger partial charge is 0.468 e. The molecule has 0 saturated heterocycles. The van der Waals surface area contributed by atoms with E-state index in [0.29, 0.717) is 0 Å². The molecule has 4 nitrogen and oxygen atoms in total. The van der Waals surface area contributed by atoms with Crippen molar-refractivity contribution in [3.63, 3.8) is 0 Å². The fraction of sp³-hybridized carbons (Fsp3) is 0.513. The van der Waals surface area contributed by atoms with Gasteiger partial charge in [-0.25, -0.2) is 0 Å². The van der Waals surface area contributed by atoms with E-state index in [2.05, 4.69) is 250 Å². The van der Waals surface area contributed by atoms with Crippen LogP contribution in [0.2, 0.25) is 0 Å². The Balaban J connectivity index is 1.16. The van der Waals surface area contributed by atoms with Crippen LogP contribution in [0.25, 0.3) is 11.0 Å². The van der Waals surface area contributed by atoms with Crippen LogP contribution in [0.1, 0.15) is 253 Å². The quantitative estimate of drug-likeness (QED) is 0.165. The van der Waals surface area contributed by atoms with E-state index in [1.807, 2.05) is 0 Å². The summed E-state index contributed by atoms with van der Waals surface area (Å²) >= 11 is 0. The average molecular weight is 1100 g/mol. The number of fused-ring (bicyclic) bond motifs is 12. The Bertz CT molecular complexity index is 3920. The second-order valence-electron chi connectivity index (χ2n) is 34.1. The van der Waals surface area contributed by atoms with Crippen molar-refractivity contribution in [2.24, 2.45) is 0 Å². The Kier molecular flexibility index (Phi) is 11.3. The molecule has 6 aromatic carbocycles. The minimum Gasteiger partial charge on any atom is -0.468 e. The first kappa shape index (κ1) is 55.2. The highest BCUT2D eigenvalue weighted by molar-refractivity contribution is 7.00. The van der Waals surface area contributed by atoms with E-state index in [0.717, 1.165) is 43.3 Å². The predicted octanol–water partition coefficient (Wildman–Crippen LogP) is 19.9. The summed E-state index contributed by atoms with van der Waals surface area (Å²) in [5.41, 5.74) is 28.0. The van der Waals surface area contributed by atoms with Crippen molar-refractivity contribution in [2.75, 3.05) is 14.7 Å².